The van der Waals surface area contributed by atoms with Gasteiger partial charge in [0.15, 0.2) is 0 Å². The molecule has 0 aromatic rings. The first kappa shape index (κ1) is 12.0. The van der Waals surface area contributed by atoms with E-state index in [-0.39, 0.29) is 12.5 Å². The Morgan fingerprint density at radius 3 is 2.67 bits per heavy atom. The van der Waals surface area contributed by atoms with E-state index in [0.717, 1.165) is 11.2 Å². The number of hydrogen-bond donors (Lipinski definition) is 0. The van der Waals surface area contributed by atoms with Gasteiger partial charge in [0.25, 0.3) is 0 Å². The number of methoxy groups -OCH3 is 2. The molecular formula is C6H12ClNO3S. The molecule has 0 unspecified atom stereocenters. The van der Waals surface area contributed by atoms with Crippen molar-refractivity contribution in [1.29, 1.82) is 0 Å². The van der Waals surface area contributed by atoms with Crippen molar-refractivity contribution in [3.05, 3.63) is 0 Å². The summed E-state index contributed by atoms with van der Waals surface area (Å²) in [6.07, 6.45) is 0. The van der Waals surface area contributed by atoms with Crippen molar-refractivity contribution < 1.29 is 14.3 Å². The van der Waals surface area contributed by atoms with Crippen molar-refractivity contribution in [2.24, 2.45) is 0 Å². The summed E-state index contributed by atoms with van der Waals surface area (Å²) in [5, 5.41) is 0. The van der Waals surface area contributed by atoms with Gasteiger partial charge in [-0.2, -0.15) is 0 Å². The summed E-state index contributed by atoms with van der Waals surface area (Å²) in [7, 11) is 8.42. The molecule has 0 aromatic carbocycles. The van der Waals surface area contributed by atoms with Gasteiger partial charge in [-0.25, -0.2) is 4.31 Å². The first-order valence-electron chi connectivity index (χ1n) is 3.34. The fourth-order valence-corrected chi connectivity index (χ4v) is 1.19. The van der Waals surface area contributed by atoms with Crippen LogP contribution < -0.4 is 0 Å². The summed E-state index contributed by atoms with van der Waals surface area (Å²) in [5.74, 6) is -0.306. The van der Waals surface area contributed by atoms with Crippen molar-refractivity contribution in [3.8, 4) is 0 Å². The predicted molar refractivity (Wildman–Crippen MR) is 48.9 cm³/mol. The van der Waals surface area contributed by atoms with Gasteiger partial charge in [0.1, 0.15) is 6.54 Å². The van der Waals surface area contributed by atoms with E-state index in [2.05, 4.69) is 4.74 Å². The summed E-state index contributed by atoms with van der Waals surface area (Å²) < 4.78 is 10.9. The highest BCUT2D eigenvalue weighted by Crippen LogP contribution is 2.13. The summed E-state index contributed by atoms with van der Waals surface area (Å²) in [6, 6.07) is 0. The predicted octanol–water partition coefficient (Wildman–Crippen LogP) is 0.910. The second-order valence-corrected chi connectivity index (χ2v) is 3.07. The highest BCUT2D eigenvalue weighted by Gasteiger charge is 2.09. The summed E-state index contributed by atoms with van der Waals surface area (Å²) in [5.41, 5.74) is 0. The molecule has 4 nitrogen and oxygen atoms in total. The van der Waals surface area contributed by atoms with Gasteiger partial charge in [-0.05, 0) is 10.7 Å². The Balaban J connectivity index is 3.59. The van der Waals surface area contributed by atoms with Crippen LogP contribution >= 0.6 is 21.8 Å². The standard InChI is InChI=1S/C6H12ClNO3S/c1-10-4-3-8(12-7)5-6(9)11-2/h3-5H2,1-2H3. The molecule has 0 radical (unpaired) electrons. The maximum absolute atomic E-state index is 10.8. The van der Waals surface area contributed by atoms with Crippen molar-refractivity contribution in [3.63, 3.8) is 0 Å². The molecular weight excluding hydrogens is 202 g/mol. The molecule has 0 heterocycles. The molecule has 0 aliphatic carbocycles. The molecule has 0 aromatic heterocycles. The molecule has 6 heteroatoms. The molecule has 0 atom stereocenters. The Morgan fingerprint density at radius 2 is 2.25 bits per heavy atom. The minimum Gasteiger partial charge on any atom is -0.468 e. The Labute approximate surface area is 80.8 Å². The van der Waals surface area contributed by atoms with E-state index in [1.807, 2.05) is 0 Å². The molecule has 0 aliphatic rings. The van der Waals surface area contributed by atoms with Gasteiger partial charge in [-0.1, -0.05) is 0 Å². The van der Waals surface area contributed by atoms with E-state index in [4.69, 9.17) is 15.4 Å². The number of hydrogen-bond acceptors (Lipinski definition) is 5. The second-order valence-electron chi connectivity index (χ2n) is 2.00. The zero-order valence-corrected chi connectivity index (χ0v) is 8.65. The number of halogens is 1. The highest BCUT2D eigenvalue weighted by molar-refractivity contribution is 8.19. The Morgan fingerprint density at radius 1 is 1.58 bits per heavy atom. The minimum atomic E-state index is -0.306. The SMILES string of the molecule is COCCN(CC(=O)OC)SCl. The number of carbonyl (C=O) groups is 1. The zero-order valence-electron chi connectivity index (χ0n) is 7.08. The van der Waals surface area contributed by atoms with E-state index in [9.17, 15) is 4.79 Å². The smallest absolute Gasteiger partial charge is 0.320 e. The third-order valence-corrected chi connectivity index (χ3v) is 2.27. The van der Waals surface area contributed by atoms with Gasteiger partial charge in [-0.15, -0.1) is 0 Å². The molecule has 0 saturated heterocycles. The fraction of sp³-hybridized carbons (Fsp3) is 0.833. The van der Waals surface area contributed by atoms with Gasteiger partial charge in [0, 0.05) is 24.8 Å². The molecule has 0 N–H and O–H groups in total. The quantitative estimate of drug-likeness (QED) is 0.485. The van der Waals surface area contributed by atoms with Gasteiger partial charge in [-0.3, -0.25) is 4.79 Å². The number of rotatable bonds is 6. The second kappa shape index (κ2) is 7.67. The van der Waals surface area contributed by atoms with Crippen molar-refractivity contribution in [1.82, 2.24) is 4.31 Å². The van der Waals surface area contributed by atoms with Crippen LogP contribution in [0.25, 0.3) is 0 Å². The minimum absolute atomic E-state index is 0.175. The van der Waals surface area contributed by atoms with Crippen LogP contribution in [0.5, 0.6) is 0 Å². The lowest BCUT2D eigenvalue weighted by atomic mass is 10.6. The van der Waals surface area contributed by atoms with Crippen LogP contribution in [0.2, 0.25) is 0 Å². The molecule has 0 aliphatic heterocycles. The van der Waals surface area contributed by atoms with Gasteiger partial charge >= 0.3 is 5.97 Å². The molecule has 0 fully saturated rings. The molecule has 12 heavy (non-hydrogen) atoms. The Bertz CT molecular complexity index is 136. The third kappa shape index (κ3) is 5.65. The van der Waals surface area contributed by atoms with Crippen LogP contribution in [0.4, 0.5) is 0 Å². The van der Waals surface area contributed by atoms with Gasteiger partial charge < -0.3 is 9.47 Å². The normalized spacial score (nSPS) is 10.3. The van der Waals surface area contributed by atoms with Crippen molar-refractivity contribution in [2.45, 2.75) is 0 Å². The summed E-state index contributed by atoms with van der Waals surface area (Å²) in [4.78, 5) is 10.8. The first-order chi connectivity index (χ1) is 5.74. The summed E-state index contributed by atoms with van der Waals surface area (Å²) in [6.45, 7) is 1.31. The lowest BCUT2D eigenvalue weighted by Crippen LogP contribution is -2.26. The number of nitrogens with zero attached hydrogens (tertiary/aromatic N) is 1. The Kier molecular flexibility index (Phi) is 7.69. The summed E-state index contributed by atoms with van der Waals surface area (Å²) >= 11 is 0.978. The molecule has 0 rings (SSSR count). The van der Waals surface area contributed by atoms with Crippen LogP contribution in [-0.2, 0) is 14.3 Å². The number of carbonyl (C=O) groups excluding carboxylic acids is 1. The van der Waals surface area contributed by atoms with E-state index in [0.29, 0.717) is 13.2 Å². The number of esters is 1. The molecule has 0 saturated carbocycles. The highest BCUT2D eigenvalue weighted by atomic mass is 35.7. The van der Waals surface area contributed by atoms with E-state index in [1.165, 1.54) is 7.11 Å². The van der Waals surface area contributed by atoms with E-state index in [1.54, 1.807) is 11.4 Å². The number of ether oxygens (including phenoxy) is 2. The maximum Gasteiger partial charge on any atom is 0.320 e. The molecule has 72 valence electrons. The van der Waals surface area contributed by atoms with E-state index < -0.39 is 0 Å². The largest absolute Gasteiger partial charge is 0.468 e. The lowest BCUT2D eigenvalue weighted by molar-refractivity contribution is -0.140. The van der Waals surface area contributed by atoms with Crippen molar-refractivity contribution in [2.75, 3.05) is 33.9 Å². The molecule has 0 amide bonds. The van der Waals surface area contributed by atoms with Gasteiger partial charge in [0.05, 0.1) is 13.7 Å². The zero-order chi connectivity index (χ0) is 9.40. The average Bonchev–Trinajstić information content (AvgIpc) is 2.11. The van der Waals surface area contributed by atoms with Crippen LogP contribution in [0.15, 0.2) is 0 Å². The molecule has 0 spiro atoms. The van der Waals surface area contributed by atoms with Crippen LogP contribution in [0, 0.1) is 0 Å². The average molecular weight is 214 g/mol. The van der Waals surface area contributed by atoms with Gasteiger partial charge in [0.2, 0.25) is 0 Å². The van der Waals surface area contributed by atoms with Crippen LogP contribution in [-0.4, -0.2) is 44.2 Å². The van der Waals surface area contributed by atoms with E-state index >= 15 is 0 Å². The topological polar surface area (TPSA) is 38.8 Å². The van der Waals surface area contributed by atoms with Crippen molar-refractivity contribution >= 4 is 27.8 Å². The third-order valence-electron chi connectivity index (χ3n) is 1.18. The molecule has 0 bridgehead atoms. The van der Waals surface area contributed by atoms with Crippen LogP contribution in [0.3, 0.4) is 0 Å². The fourth-order valence-electron chi connectivity index (χ4n) is 0.540. The van der Waals surface area contributed by atoms with Crippen LogP contribution in [0.1, 0.15) is 0 Å². The first-order valence-corrected chi connectivity index (χ1v) is 4.94. The monoisotopic (exact) mass is 213 g/mol. The lowest BCUT2D eigenvalue weighted by Gasteiger charge is -2.14. The Hall–Kier alpha value is 0.0300. The maximum atomic E-state index is 10.8.